The zero-order valence-electron chi connectivity index (χ0n) is 11.0. The van der Waals surface area contributed by atoms with E-state index in [9.17, 15) is 0 Å². The van der Waals surface area contributed by atoms with Crippen LogP contribution in [0.3, 0.4) is 0 Å². The van der Waals surface area contributed by atoms with Crippen molar-refractivity contribution in [1.82, 2.24) is 5.32 Å². The fourth-order valence-electron chi connectivity index (χ4n) is 1.94. The summed E-state index contributed by atoms with van der Waals surface area (Å²) in [4.78, 5) is 4.65. The van der Waals surface area contributed by atoms with E-state index in [0.29, 0.717) is 5.54 Å². The van der Waals surface area contributed by atoms with Crippen molar-refractivity contribution in [2.75, 3.05) is 12.3 Å². The molecule has 1 rings (SSSR count). The molecular formula is C13H26N2S. The summed E-state index contributed by atoms with van der Waals surface area (Å²) in [6.07, 6.45) is 7.61. The Labute approximate surface area is 105 Å². The van der Waals surface area contributed by atoms with Crippen LogP contribution in [0.1, 0.15) is 59.3 Å². The van der Waals surface area contributed by atoms with Gasteiger partial charge >= 0.3 is 0 Å². The van der Waals surface area contributed by atoms with Crippen molar-refractivity contribution in [3.05, 3.63) is 0 Å². The lowest BCUT2D eigenvalue weighted by Crippen LogP contribution is -2.42. The molecular weight excluding hydrogens is 216 g/mol. The van der Waals surface area contributed by atoms with Crippen molar-refractivity contribution >= 4 is 16.9 Å². The van der Waals surface area contributed by atoms with Crippen LogP contribution in [-0.2, 0) is 0 Å². The van der Waals surface area contributed by atoms with Crippen molar-refractivity contribution in [3.63, 3.8) is 0 Å². The number of rotatable bonds is 7. The zero-order chi connectivity index (χ0) is 11.9. The molecule has 1 fully saturated rings. The molecule has 0 bridgehead atoms. The van der Waals surface area contributed by atoms with E-state index < -0.39 is 0 Å². The average Bonchev–Trinajstić information content (AvgIpc) is 2.73. The standard InChI is InChI=1S/C13H26N2S/c1-4-7-8-9-10-14-12-15-13(5-2,6-3)11-16-12/h4-11H2,1-3H3,(H,14,15). The summed E-state index contributed by atoms with van der Waals surface area (Å²) in [5.74, 6) is 1.19. The molecule has 0 aromatic rings. The number of aliphatic imine (C=N–C) groups is 1. The van der Waals surface area contributed by atoms with Crippen LogP contribution in [0.4, 0.5) is 0 Å². The Bertz CT molecular complexity index is 222. The molecule has 1 heterocycles. The Morgan fingerprint density at radius 1 is 1.19 bits per heavy atom. The first-order valence-corrected chi connectivity index (χ1v) is 7.70. The monoisotopic (exact) mass is 242 g/mol. The summed E-state index contributed by atoms with van der Waals surface area (Å²) in [6, 6.07) is 0. The fraction of sp³-hybridized carbons (Fsp3) is 0.923. The van der Waals surface area contributed by atoms with Crippen LogP contribution >= 0.6 is 11.8 Å². The number of amidine groups is 1. The maximum Gasteiger partial charge on any atom is 0.157 e. The van der Waals surface area contributed by atoms with Gasteiger partial charge in [0.25, 0.3) is 0 Å². The van der Waals surface area contributed by atoms with Gasteiger partial charge in [0, 0.05) is 17.8 Å². The molecule has 0 unspecified atom stereocenters. The third kappa shape index (κ3) is 4.00. The van der Waals surface area contributed by atoms with Gasteiger partial charge < -0.3 is 5.32 Å². The Morgan fingerprint density at radius 3 is 2.50 bits per heavy atom. The molecule has 1 aliphatic heterocycles. The van der Waals surface area contributed by atoms with Crippen molar-refractivity contribution in [2.45, 2.75) is 64.8 Å². The first-order chi connectivity index (χ1) is 7.76. The van der Waals surface area contributed by atoms with Crippen LogP contribution in [0.2, 0.25) is 0 Å². The summed E-state index contributed by atoms with van der Waals surface area (Å²) in [6.45, 7) is 7.78. The SMILES string of the molecule is CCCCCCN=C1NC(CC)(CC)CS1. The molecule has 0 aromatic heterocycles. The maximum atomic E-state index is 4.65. The normalized spacial score (nSPS) is 21.3. The van der Waals surface area contributed by atoms with Gasteiger partial charge in [-0.2, -0.15) is 0 Å². The summed E-state index contributed by atoms with van der Waals surface area (Å²) < 4.78 is 0. The summed E-state index contributed by atoms with van der Waals surface area (Å²) in [7, 11) is 0. The molecule has 3 heteroatoms. The molecule has 0 saturated carbocycles. The third-order valence-corrected chi connectivity index (χ3v) is 4.68. The Kier molecular flexibility index (Phi) is 6.25. The molecule has 0 aliphatic carbocycles. The van der Waals surface area contributed by atoms with E-state index in [1.807, 2.05) is 11.8 Å². The lowest BCUT2D eigenvalue weighted by Gasteiger charge is -2.25. The topological polar surface area (TPSA) is 24.4 Å². The van der Waals surface area contributed by atoms with Crippen molar-refractivity contribution in [2.24, 2.45) is 4.99 Å². The first kappa shape index (κ1) is 13.9. The lowest BCUT2D eigenvalue weighted by atomic mass is 9.96. The zero-order valence-corrected chi connectivity index (χ0v) is 11.8. The van der Waals surface area contributed by atoms with Gasteiger partial charge in [-0.1, -0.05) is 51.8 Å². The van der Waals surface area contributed by atoms with Crippen LogP contribution in [0.25, 0.3) is 0 Å². The molecule has 94 valence electrons. The highest BCUT2D eigenvalue weighted by Crippen LogP contribution is 2.28. The van der Waals surface area contributed by atoms with E-state index in [1.165, 1.54) is 49.4 Å². The number of nitrogens with one attached hydrogen (secondary N) is 1. The molecule has 0 atom stereocenters. The maximum absolute atomic E-state index is 4.65. The molecule has 0 amide bonds. The van der Waals surface area contributed by atoms with Gasteiger partial charge in [0.1, 0.15) is 0 Å². The smallest absolute Gasteiger partial charge is 0.157 e. The minimum atomic E-state index is 0.326. The van der Waals surface area contributed by atoms with Gasteiger partial charge in [-0.3, -0.25) is 4.99 Å². The quantitative estimate of drug-likeness (QED) is 0.686. The van der Waals surface area contributed by atoms with Gasteiger partial charge in [0.2, 0.25) is 0 Å². The predicted octanol–water partition coefficient (Wildman–Crippen LogP) is 3.82. The van der Waals surface area contributed by atoms with Crippen LogP contribution in [-0.4, -0.2) is 23.0 Å². The number of thioether (sulfide) groups is 1. The predicted molar refractivity (Wildman–Crippen MR) is 75.4 cm³/mol. The van der Waals surface area contributed by atoms with E-state index >= 15 is 0 Å². The van der Waals surface area contributed by atoms with Gasteiger partial charge in [-0.05, 0) is 19.3 Å². The molecule has 16 heavy (non-hydrogen) atoms. The van der Waals surface area contributed by atoms with E-state index in [1.54, 1.807) is 0 Å². The second-order valence-electron chi connectivity index (χ2n) is 4.65. The largest absolute Gasteiger partial charge is 0.359 e. The molecule has 0 aromatic carbocycles. The summed E-state index contributed by atoms with van der Waals surface area (Å²) >= 11 is 1.90. The number of hydrogen-bond donors (Lipinski definition) is 1. The van der Waals surface area contributed by atoms with Gasteiger partial charge in [-0.15, -0.1) is 0 Å². The van der Waals surface area contributed by atoms with Crippen LogP contribution in [0.5, 0.6) is 0 Å². The Morgan fingerprint density at radius 2 is 1.94 bits per heavy atom. The van der Waals surface area contributed by atoms with Crippen molar-refractivity contribution in [1.29, 1.82) is 0 Å². The molecule has 1 N–H and O–H groups in total. The Balaban J connectivity index is 2.26. The summed E-state index contributed by atoms with van der Waals surface area (Å²) in [5.41, 5.74) is 0.326. The minimum Gasteiger partial charge on any atom is -0.359 e. The van der Waals surface area contributed by atoms with Gasteiger partial charge in [0.05, 0.1) is 0 Å². The lowest BCUT2D eigenvalue weighted by molar-refractivity contribution is 0.407. The van der Waals surface area contributed by atoms with Crippen LogP contribution in [0, 0.1) is 0 Å². The average molecular weight is 242 g/mol. The second kappa shape index (κ2) is 7.21. The second-order valence-corrected chi connectivity index (χ2v) is 5.61. The highest BCUT2D eigenvalue weighted by molar-refractivity contribution is 8.14. The molecule has 1 saturated heterocycles. The number of hydrogen-bond acceptors (Lipinski definition) is 2. The van der Waals surface area contributed by atoms with Gasteiger partial charge in [0.15, 0.2) is 5.17 Å². The molecule has 0 spiro atoms. The summed E-state index contributed by atoms with van der Waals surface area (Å²) in [5, 5.41) is 4.79. The van der Waals surface area contributed by atoms with Crippen LogP contribution < -0.4 is 5.32 Å². The number of unbranched alkanes of at least 4 members (excludes halogenated alkanes) is 3. The van der Waals surface area contributed by atoms with Crippen LogP contribution in [0.15, 0.2) is 4.99 Å². The van der Waals surface area contributed by atoms with E-state index in [-0.39, 0.29) is 0 Å². The first-order valence-electron chi connectivity index (χ1n) is 6.71. The highest BCUT2D eigenvalue weighted by Gasteiger charge is 2.33. The van der Waals surface area contributed by atoms with Gasteiger partial charge in [-0.25, -0.2) is 0 Å². The van der Waals surface area contributed by atoms with Crippen molar-refractivity contribution in [3.8, 4) is 0 Å². The fourth-order valence-corrected chi connectivity index (χ4v) is 3.31. The van der Waals surface area contributed by atoms with E-state index in [2.05, 4.69) is 31.1 Å². The third-order valence-electron chi connectivity index (χ3n) is 3.48. The highest BCUT2D eigenvalue weighted by atomic mass is 32.2. The molecule has 1 aliphatic rings. The minimum absolute atomic E-state index is 0.326. The molecule has 0 radical (unpaired) electrons. The van der Waals surface area contributed by atoms with E-state index in [0.717, 1.165) is 6.54 Å². The molecule has 2 nitrogen and oxygen atoms in total. The number of nitrogens with zero attached hydrogens (tertiary/aromatic N) is 1. The van der Waals surface area contributed by atoms with E-state index in [4.69, 9.17) is 0 Å². The van der Waals surface area contributed by atoms with Crippen molar-refractivity contribution < 1.29 is 0 Å². The Hall–Kier alpha value is -0.180.